The molecule has 0 radical (unpaired) electrons. The van der Waals surface area contributed by atoms with Crippen molar-refractivity contribution in [1.29, 1.82) is 0 Å². The minimum absolute atomic E-state index is 0.122. The first kappa shape index (κ1) is 17.6. The van der Waals surface area contributed by atoms with Gasteiger partial charge in [-0.2, -0.15) is 0 Å². The number of nitrogens with zero attached hydrogens (tertiary/aromatic N) is 3. The van der Waals surface area contributed by atoms with E-state index in [0.717, 1.165) is 43.7 Å². The van der Waals surface area contributed by atoms with Crippen LogP contribution in [0.25, 0.3) is 0 Å². The fraction of sp³-hybridized carbons (Fsp3) is 0.455. The lowest BCUT2D eigenvalue weighted by atomic mass is 10.0. The van der Waals surface area contributed by atoms with Gasteiger partial charge in [0.05, 0.1) is 12.6 Å². The summed E-state index contributed by atoms with van der Waals surface area (Å²) in [6.07, 6.45) is 4.53. The van der Waals surface area contributed by atoms with E-state index in [2.05, 4.69) is 46.2 Å². The van der Waals surface area contributed by atoms with Crippen molar-refractivity contribution in [2.45, 2.75) is 30.9 Å². The van der Waals surface area contributed by atoms with E-state index in [1.807, 2.05) is 6.07 Å². The average Bonchev–Trinajstić information content (AvgIpc) is 3.39. The zero-order valence-corrected chi connectivity index (χ0v) is 15.9. The summed E-state index contributed by atoms with van der Waals surface area (Å²) < 4.78 is 1.49. The Morgan fingerprint density at radius 1 is 0.857 bits per heavy atom. The van der Waals surface area contributed by atoms with Crippen LogP contribution in [0.1, 0.15) is 29.4 Å². The molecular formula is C22H27N3O3. The molecule has 0 amide bonds. The van der Waals surface area contributed by atoms with E-state index in [4.69, 9.17) is 0 Å². The van der Waals surface area contributed by atoms with Crippen molar-refractivity contribution in [2.24, 2.45) is 0 Å². The smallest absolute Gasteiger partial charge is 0.198 e. The molecule has 28 heavy (non-hydrogen) atoms. The third-order valence-corrected chi connectivity index (χ3v) is 6.46. The van der Waals surface area contributed by atoms with Crippen LogP contribution >= 0.6 is 0 Å². The van der Waals surface area contributed by atoms with Crippen LogP contribution in [-0.2, 0) is 6.54 Å². The van der Waals surface area contributed by atoms with Gasteiger partial charge in [0, 0.05) is 61.4 Å². The Labute approximate surface area is 164 Å². The molecule has 1 aliphatic heterocycles. The minimum atomic E-state index is -0.641. The summed E-state index contributed by atoms with van der Waals surface area (Å²) in [5.74, 6) is 0.653. The Balaban J connectivity index is 1.20. The topological polar surface area (TPSA) is 72.1 Å². The van der Waals surface area contributed by atoms with Crippen molar-refractivity contribution in [1.82, 2.24) is 9.47 Å². The molecule has 1 aromatic carbocycles. The van der Waals surface area contributed by atoms with Gasteiger partial charge in [0.15, 0.2) is 11.8 Å². The number of aromatic nitrogens is 1. The highest BCUT2D eigenvalue weighted by molar-refractivity contribution is 5.58. The molecule has 6 heteroatoms. The quantitative estimate of drug-likeness (QED) is 0.693. The molecule has 1 fully saturated rings. The monoisotopic (exact) mass is 381 g/mol. The minimum Gasteiger partial charge on any atom is -0.494 e. The number of allylic oxidation sites excluding steroid dienone is 2. The predicted octanol–water partition coefficient (Wildman–Crippen LogP) is 2.22. The number of aromatic hydroxyl groups is 2. The van der Waals surface area contributed by atoms with Gasteiger partial charge in [0.1, 0.15) is 0 Å². The summed E-state index contributed by atoms with van der Waals surface area (Å²) in [7, 11) is 0. The number of anilines is 1. The SMILES string of the molecule is Oc1c2c(c(O)n1CC(O)CN1CCN(c3ccccc3)CC1)C1C=CC2C1. The van der Waals surface area contributed by atoms with E-state index in [1.54, 1.807) is 0 Å². The Bertz CT molecular complexity index is 849. The zero-order valence-electron chi connectivity index (χ0n) is 15.9. The maximum Gasteiger partial charge on any atom is 0.198 e. The molecule has 3 N–H and O–H groups in total. The number of piperazine rings is 1. The van der Waals surface area contributed by atoms with Crippen molar-refractivity contribution < 1.29 is 15.3 Å². The first-order chi connectivity index (χ1) is 13.6. The van der Waals surface area contributed by atoms with E-state index < -0.39 is 6.10 Å². The average molecular weight is 381 g/mol. The van der Waals surface area contributed by atoms with Crippen molar-refractivity contribution in [3.05, 3.63) is 53.6 Å². The van der Waals surface area contributed by atoms with Crippen molar-refractivity contribution in [3.63, 3.8) is 0 Å². The highest BCUT2D eigenvalue weighted by Crippen LogP contribution is 2.56. The van der Waals surface area contributed by atoms with Crippen LogP contribution in [0.15, 0.2) is 42.5 Å². The van der Waals surface area contributed by atoms with Crippen LogP contribution in [0.5, 0.6) is 11.8 Å². The lowest BCUT2D eigenvalue weighted by Crippen LogP contribution is -2.49. The highest BCUT2D eigenvalue weighted by Gasteiger charge is 2.41. The zero-order chi connectivity index (χ0) is 19.3. The molecule has 2 bridgehead atoms. The summed E-state index contributed by atoms with van der Waals surface area (Å²) in [6, 6.07) is 10.4. The fourth-order valence-electron chi connectivity index (χ4n) is 5.06. The Morgan fingerprint density at radius 3 is 2.07 bits per heavy atom. The Hall–Kier alpha value is -2.44. The fourth-order valence-corrected chi connectivity index (χ4v) is 5.06. The van der Waals surface area contributed by atoms with Crippen molar-refractivity contribution in [3.8, 4) is 11.8 Å². The molecule has 148 valence electrons. The molecule has 2 aliphatic carbocycles. The van der Waals surface area contributed by atoms with Gasteiger partial charge in [-0.3, -0.25) is 9.47 Å². The molecule has 5 rings (SSSR count). The number of fused-ring (bicyclic) bond motifs is 5. The summed E-state index contributed by atoms with van der Waals surface area (Å²) in [4.78, 5) is 4.61. The van der Waals surface area contributed by atoms with Crippen LogP contribution in [0.2, 0.25) is 0 Å². The first-order valence-electron chi connectivity index (χ1n) is 10.1. The Kier molecular flexibility index (Phi) is 4.33. The first-order valence-corrected chi connectivity index (χ1v) is 10.1. The number of benzene rings is 1. The van der Waals surface area contributed by atoms with Gasteiger partial charge < -0.3 is 20.2 Å². The van der Waals surface area contributed by atoms with Gasteiger partial charge in [-0.05, 0) is 18.6 Å². The lowest BCUT2D eigenvalue weighted by Gasteiger charge is -2.37. The second-order valence-corrected chi connectivity index (χ2v) is 8.20. The van der Waals surface area contributed by atoms with Crippen molar-refractivity contribution in [2.75, 3.05) is 37.6 Å². The van der Waals surface area contributed by atoms with Gasteiger partial charge in [-0.15, -0.1) is 0 Å². The van der Waals surface area contributed by atoms with E-state index in [-0.39, 0.29) is 30.1 Å². The van der Waals surface area contributed by atoms with Gasteiger partial charge in [-0.1, -0.05) is 30.4 Å². The molecule has 3 aliphatic rings. The highest BCUT2D eigenvalue weighted by atomic mass is 16.3. The number of hydrogen-bond acceptors (Lipinski definition) is 5. The van der Waals surface area contributed by atoms with Crippen LogP contribution in [-0.4, -0.2) is 63.6 Å². The summed E-state index contributed by atoms with van der Waals surface area (Å²) in [5, 5.41) is 31.8. The summed E-state index contributed by atoms with van der Waals surface area (Å²) in [5.41, 5.74) is 2.95. The molecule has 1 saturated heterocycles. The van der Waals surface area contributed by atoms with E-state index in [1.165, 1.54) is 10.3 Å². The molecule has 2 heterocycles. The van der Waals surface area contributed by atoms with Gasteiger partial charge in [0.2, 0.25) is 0 Å². The molecular weight excluding hydrogens is 354 g/mol. The number of aliphatic hydroxyl groups is 1. The second-order valence-electron chi connectivity index (χ2n) is 8.20. The maximum atomic E-state index is 10.6. The van der Waals surface area contributed by atoms with E-state index in [0.29, 0.717) is 6.54 Å². The number of aliphatic hydroxyl groups excluding tert-OH is 1. The molecule has 3 atom stereocenters. The number of rotatable bonds is 5. The number of hydrogen-bond donors (Lipinski definition) is 3. The van der Waals surface area contributed by atoms with Crippen LogP contribution < -0.4 is 4.90 Å². The van der Waals surface area contributed by atoms with Crippen LogP contribution in [0.3, 0.4) is 0 Å². The summed E-state index contributed by atoms with van der Waals surface area (Å²) in [6.45, 7) is 4.39. The van der Waals surface area contributed by atoms with Crippen LogP contribution in [0.4, 0.5) is 5.69 Å². The Morgan fingerprint density at radius 2 is 1.46 bits per heavy atom. The molecule has 6 nitrogen and oxygen atoms in total. The number of β-amino-alcohol motifs (C(OH)–C–C–N with tert-alkyl or cyclic N) is 1. The van der Waals surface area contributed by atoms with Gasteiger partial charge in [-0.25, -0.2) is 0 Å². The summed E-state index contributed by atoms with van der Waals surface area (Å²) >= 11 is 0. The lowest BCUT2D eigenvalue weighted by molar-refractivity contribution is 0.0907. The maximum absolute atomic E-state index is 10.6. The largest absolute Gasteiger partial charge is 0.494 e. The van der Waals surface area contributed by atoms with Crippen molar-refractivity contribution >= 4 is 5.69 Å². The van der Waals surface area contributed by atoms with Gasteiger partial charge in [0.25, 0.3) is 0 Å². The third-order valence-electron chi connectivity index (χ3n) is 6.46. The normalized spacial score (nSPS) is 24.7. The second kappa shape index (κ2) is 6.87. The molecule has 1 aromatic heterocycles. The van der Waals surface area contributed by atoms with E-state index in [9.17, 15) is 15.3 Å². The van der Waals surface area contributed by atoms with Crippen LogP contribution in [0, 0.1) is 0 Å². The number of para-hydroxylation sites is 1. The molecule has 3 unspecified atom stereocenters. The third kappa shape index (κ3) is 2.88. The molecule has 2 aromatic rings. The predicted molar refractivity (Wildman–Crippen MR) is 108 cm³/mol. The van der Waals surface area contributed by atoms with Gasteiger partial charge >= 0.3 is 0 Å². The molecule has 0 spiro atoms. The standard InChI is InChI=1S/C22H27N3O3/c26-18(13-23-8-10-24(11-9-23)17-4-2-1-3-5-17)14-25-21(27)19-15-6-7-16(12-15)20(19)22(25)28/h1-7,15-16,18,26-28H,8-14H2. The van der Waals surface area contributed by atoms with E-state index >= 15 is 0 Å². The molecule has 0 saturated carbocycles.